The number of benzene rings is 1. The Kier molecular flexibility index (Phi) is 5.30. The maximum atomic E-state index is 12.4. The molecule has 0 saturated heterocycles. The molecule has 1 heterocycles. The number of rotatable bonds is 5. The lowest BCUT2D eigenvalue weighted by Crippen LogP contribution is -2.19. The SMILES string of the molecule is CCOC(=O)c1ccc(NC(=O)c2cccnc2N(C)C)cc1. The minimum Gasteiger partial charge on any atom is -0.462 e. The molecule has 0 spiro atoms. The predicted molar refractivity (Wildman–Crippen MR) is 88.9 cm³/mol. The number of ether oxygens (including phenoxy) is 1. The molecule has 6 heteroatoms. The van der Waals surface area contributed by atoms with Crippen LogP contribution < -0.4 is 10.2 Å². The molecule has 0 aliphatic rings. The first-order valence-electron chi connectivity index (χ1n) is 7.23. The van der Waals surface area contributed by atoms with Crippen molar-refractivity contribution in [2.24, 2.45) is 0 Å². The number of nitrogens with one attached hydrogen (secondary N) is 1. The van der Waals surface area contributed by atoms with Crippen LogP contribution in [0.3, 0.4) is 0 Å². The molecule has 0 aliphatic heterocycles. The lowest BCUT2D eigenvalue weighted by molar-refractivity contribution is 0.0526. The average molecular weight is 313 g/mol. The van der Waals surface area contributed by atoms with Crippen molar-refractivity contribution < 1.29 is 14.3 Å². The highest BCUT2D eigenvalue weighted by Gasteiger charge is 2.14. The Morgan fingerprint density at radius 3 is 2.48 bits per heavy atom. The van der Waals surface area contributed by atoms with E-state index in [0.717, 1.165) is 0 Å². The molecule has 120 valence electrons. The normalized spacial score (nSPS) is 10.0. The van der Waals surface area contributed by atoms with Crippen LogP contribution in [0.15, 0.2) is 42.6 Å². The Bertz CT molecular complexity index is 696. The van der Waals surface area contributed by atoms with Gasteiger partial charge in [-0.25, -0.2) is 9.78 Å². The number of anilines is 2. The van der Waals surface area contributed by atoms with Crippen molar-refractivity contribution >= 4 is 23.4 Å². The molecule has 1 amide bonds. The summed E-state index contributed by atoms with van der Waals surface area (Å²) in [5, 5.41) is 2.79. The summed E-state index contributed by atoms with van der Waals surface area (Å²) in [4.78, 5) is 30.0. The number of hydrogen-bond donors (Lipinski definition) is 1. The van der Waals surface area contributed by atoms with Gasteiger partial charge in [0, 0.05) is 26.0 Å². The number of hydrogen-bond acceptors (Lipinski definition) is 5. The summed E-state index contributed by atoms with van der Waals surface area (Å²) in [6.07, 6.45) is 1.64. The maximum absolute atomic E-state index is 12.4. The monoisotopic (exact) mass is 313 g/mol. The highest BCUT2D eigenvalue weighted by Crippen LogP contribution is 2.17. The molecule has 0 aliphatic carbocycles. The van der Waals surface area contributed by atoms with E-state index >= 15 is 0 Å². The van der Waals surface area contributed by atoms with Crippen molar-refractivity contribution in [3.05, 3.63) is 53.7 Å². The first-order valence-corrected chi connectivity index (χ1v) is 7.23. The van der Waals surface area contributed by atoms with Gasteiger partial charge >= 0.3 is 5.97 Å². The molecule has 0 unspecified atom stereocenters. The van der Waals surface area contributed by atoms with Crippen molar-refractivity contribution in [1.82, 2.24) is 4.98 Å². The van der Waals surface area contributed by atoms with Gasteiger partial charge in [-0.2, -0.15) is 0 Å². The molecule has 6 nitrogen and oxygen atoms in total. The molecule has 0 bridgehead atoms. The predicted octanol–water partition coefficient (Wildman–Crippen LogP) is 2.58. The van der Waals surface area contributed by atoms with E-state index in [0.29, 0.717) is 29.2 Å². The zero-order valence-corrected chi connectivity index (χ0v) is 13.4. The van der Waals surface area contributed by atoms with Gasteiger partial charge in [-0.3, -0.25) is 4.79 Å². The van der Waals surface area contributed by atoms with Gasteiger partial charge in [0.15, 0.2) is 0 Å². The molecular formula is C17H19N3O3. The first-order chi connectivity index (χ1) is 11.0. The molecule has 2 aromatic rings. The molecule has 1 N–H and O–H groups in total. The van der Waals surface area contributed by atoms with Gasteiger partial charge in [0.05, 0.1) is 17.7 Å². The molecule has 0 saturated carbocycles. The van der Waals surface area contributed by atoms with Crippen molar-refractivity contribution in [1.29, 1.82) is 0 Å². The van der Waals surface area contributed by atoms with Gasteiger partial charge in [-0.15, -0.1) is 0 Å². The number of carbonyl (C=O) groups excluding carboxylic acids is 2. The Morgan fingerprint density at radius 1 is 1.17 bits per heavy atom. The molecule has 1 aromatic carbocycles. The number of aromatic nitrogens is 1. The number of carbonyl (C=O) groups is 2. The second kappa shape index (κ2) is 7.40. The van der Waals surface area contributed by atoms with Gasteiger partial charge in [0.2, 0.25) is 0 Å². The minimum absolute atomic E-state index is 0.259. The fraction of sp³-hybridized carbons (Fsp3) is 0.235. The van der Waals surface area contributed by atoms with Gasteiger partial charge in [0.1, 0.15) is 5.82 Å². The molecule has 0 radical (unpaired) electrons. The molecular weight excluding hydrogens is 294 g/mol. The van der Waals surface area contributed by atoms with Crippen LogP contribution in [0.5, 0.6) is 0 Å². The highest BCUT2D eigenvalue weighted by molar-refractivity contribution is 6.07. The number of pyridine rings is 1. The Hall–Kier alpha value is -2.89. The smallest absolute Gasteiger partial charge is 0.338 e. The van der Waals surface area contributed by atoms with Crippen molar-refractivity contribution in [2.45, 2.75) is 6.92 Å². The van der Waals surface area contributed by atoms with Crippen LogP contribution in [0, 0.1) is 0 Å². The molecule has 23 heavy (non-hydrogen) atoms. The van der Waals surface area contributed by atoms with Crippen LogP contribution in [0.2, 0.25) is 0 Å². The minimum atomic E-state index is -0.382. The van der Waals surface area contributed by atoms with E-state index in [9.17, 15) is 9.59 Å². The second-order valence-corrected chi connectivity index (χ2v) is 5.02. The zero-order valence-electron chi connectivity index (χ0n) is 13.4. The van der Waals surface area contributed by atoms with E-state index in [4.69, 9.17) is 4.74 Å². The Morgan fingerprint density at radius 2 is 1.87 bits per heavy atom. The lowest BCUT2D eigenvalue weighted by atomic mass is 10.2. The summed E-state index contributed by atoms with van der Waals surface area (Å²) in [6.45, 7) is 2.08. The quantitative estimate of drug-likeness (QED) is 0.859. The standard InChI is InChI=1S/C17H19N3O3/c1-4-23-17(22)12-7-9-13(10-8-12)19-16(21)14-6-5-11-18-15(14)20(2)3/h5-11H,4H2,1-3H3,(H,19,21). The van der Waals surface area contributed by atoms with Crippen molar-refractivity contribution in [3.8, 4) is 0 Å². The summed E-state index contributed by atoms with van der Waals surface area (Å²) < 4.78 is 4.92. The zero-order chi connectivity index (χ0) is 16.8. The summed E-state index contributed by atoms with van der Waals surface area (Å²) in [7, 11) is 3.65. The van der Waals surface area contributed by atoms with E-state index in [-0.39, 0.29) is 11.9 Å². The van der Waals surface area contributed by atoms with Crippen LogP contribution in [0.1, 0.15) is 27.6 Å². The number of esters is 1. The third kappa shape index (κ3) is 4.06. The van der Waals surface area contributed by atoms with E-state index < -0.39 is 0 Å². The third-order valence-corrected chi connectivity index (χ3v) is 3.11. The van der Waals surface area contributed by atoms with E-state index in [2.05, 4.69) is 10.3 Å². The lowest BCUT2D eigenvalue weighted by Gasteiger charge is -2.15. The van der Waals surface area contributed by atoms with Crippen LogP contribution in [-0.4, -0.2) is 37.6 Å². The maximum Gasteiger partial charge on any atom is 0.338 e. The Balaban J connectivity index is 2.13. The summed E-state index contributed by atoms with van der Waals surface area (Å²) in [6, 6.07) is 9.98. The summed E-state index contributed by atoms with van der Waals surface area (Å²) in [5.74, 6) is -0.0497. The van der Waals surface area contributed by atoms with Crippen molar-refractivity contribution in [2.75, 3.05) is 30.9 Å². The van der Waals surface area contributed by atoms with E-state index in [1.54, 1.807) is 54.4 Å². The fourth-order valence-electron chi connectivity index (χ4n) is 2.03. The summed E-state index contributed by atoms with van der Waals surface area (Å²) in [5.41, 5.74) is 1.52. The number of amides is 1. The average Bonchev–Trinajstić information content (AvgIpc) is 2.55. The Labute approximate surface area is 135 Å². The van der Waals surface area contributed by atoms with Gasteiger partial charge in [0.25, 0.3) is 5.91 Å². The fourth-order valence-corrected chi connectivity index (χ4v) is 2.03. The summed E-state index contributed by atoms with van der Waals surface area (Å²) >= 11 is 0. The first kappa shape index (κ1) is 16.5. The van der Waals surface area contributed by atoms with Gasteiger partial charge in [-0.05, 0) is 43.3 Å². The van der Waals surface area contributed by atoms with Crippen LogP contribution in [-0.2, 0) is 4.74 Å². The van der Waals surface area contributed by atoms with Crippen LogP contribution in [0.4, 0.5) is 11.5 Å². The topological polar surface area (TPSA) is 71.5 Å². The molecule has 1 aromatic heterocycles. The van der Waals surface area contributed by atoms with E-state index in [1.807, 2.05) is 14.1 Å². The molecule has 0 fully saturated rings. The molecule has 2 rings (SSSR count). The van der Waals surface area contributed by atoms with Gasteiger partial charge < -0.3 is 15.0 Å². The van der Waals surface area contributed by atoms with Gasteiger partial charge in [-0.1, -0.05) is 0 Å². The van der Waals surface area contributed by atoms with Crippen LogP contribution >= 0.6 is 0 Å². The second-order valence-electron chi connectivity index (χ2n) is 5.02. The van der Waals surface area contributed by atoms with Crippen molar-refractivity contribution in [3.63, 3.8) is 0 Å². The highest BCUT2D eigenvalue weighted by atomic mass is 16.5. The van der Waals surface area contributed by atoms with E-state index in [1.165, 1.54) is 0 Å². The third-order valence-electron chi connectivity index (χ3n) is 3.11. The number of nitrogens with zero attached hydrogens (tertiary/aromatic N) is 2. The molecule has 0 atom stereocenters. The van der Waals surface area contributed by atoms with Crippen LogP contribution in [0.25, 0.3) is 0 Å². The largest absolute Gasteiger partial charge is 0.462 e.